The van der Waals surface area contributed by atoms with Gasteiger partial charge in [-0.3, -0.25) is 0 Å². The second kappa shape index (κ2) is 29.3. The van der Waals surface area contributed by atoms with E-state index in [9.17, 15) is 0 Å². The molecule has 101 valence electrons. The molecule has 0 rings (SSSR count). The van der Waals surface area contributed by atoms with E-state index in [2.05, 4.69) is 13.8 Å². The number of hydrogen-bond acceptors (Lipinski definition) is 5. The van der Waals surface area contributed by atoms with Crippen molar-refractivity contribution in [2.24, 2.45) is 11.7 Å². The van der Waals surface area contributed by atoms with E-state index in [1.165, 1.54) is 25.7 Å². The number of rotatable bonds is 5. The molecule has 0 amide bonds. The minimum absolute atomic E-state index is 0. The zero-order chi connectivity index (χ0) is 12.5. The molecule has 6 heteroatoms. The molecule has 5 nitrogen and oxygen atoms in total. The number of hydrogen-bond donors (Lipinski definition) is 1. The van der Waals surface area contributed by atoms with Gasteiger partial charge in [0.2, 0.25) is 0 Å². The van der Waals surface area contributed by atoms with Crippen LogP contribution in [0, 0.1) is 5.92 Å². The SMILES string of the molecule is CCCCC(CC)CN.O=C[O-].O=C[O-].[Cu+2]. The molecular formula is C10H21CuNO4. The number of carbonyl (C=O) groups excluding carboxylic acids is 2. The normalized spacial score (nSPS) is 9.19. The maximum absolute atomic E-state index is 8.25. The van der Waals surface area contributed by atoms with Gasteiger partial charge in [-0.25, -0.2) is 0 Å². The van der Waals surface area contributed by atoms with E-state index in [0.717, 1.165) is 12.5 Å². The van der Waals surface area contributed by atoms with Gasteiger partial charge in [-0.05, 0) is 18.9 Å². The number of nitrogens with two attached hydrogens (primary N) is 1. The molecule has 0 saturated carbocycles. The van der Waals surface area contributed by atoms with Crippen molar-refractivity contribution in [1.29, 1.82) is 0 Å². The molecular weight excluding hydrogens is 262 g/mol. The second-order valence-electron chi connectivity index (χ2n) is 2.84. The molecule has 1 unspecified atom stereocenters. The van der Waals surface area contributed by atoms with E-state index in [1.807, 2.05) is 0 Å². The van der Waals surface area contributed by atoms with Gasteiger partial charge < -0.3 is 25.5 Å². The molecule has 0 saturated heterocycles. The van der Waals surface area contributed by atoms with Crippen LogP contribution in [-0.2, 0) is 26.7 Å². The van der Waals surface area contributed by atoms with Gasteiger partial charge in [-0.15, -0.1) is 0 Å². The third kappa shape index (κ3) is 37.6. The van der Waals surface area contributed by atoms with Gasteiger partial charge in [0.25, 0.3) is 0 Å². The van der Waals surface area contributed by atoms with Gasteiger partial charge in [0.15, 0.2) is 0 Å². The Kier molecular flexibility index (Phi) is 45.0. The van der Waals surface area contributed by atoms with Crippen LogP contribution in [0.5, 0.6) is 0 Å². The Morgan fingerprint density at radius 2 is 1.56 bits per heavy atom. The Morgan fingerprint density at radius 1 is 1.19 bits per heavy atom. The van der Waals surface area contributed by atoms with E-state index < -0.39 is 12.9 Å². The summed E-state index contributed by atoms with van der Waals surface area (Å²) >= 11 is 0. The summed E-state index contributed by atoms with van der Waals surface area (Å²) in [7, 11) is 0. The molecule has 0 aliphatic heterocycles. The van der Waals surface area contributed by atoms with Crippen molar-refractivity contribution in [3.8, 4) is 0 Å². The molecule has 0 heterocycles. The fourth-order valence-corrected chi connectivity index (χ4v) is 0.981. The average Bonchev–Trinajstić information content (AvgIpc) is 2.22. The summed E-state index contributed by atoms with van der Waals surface area (Å²) in [5.74, 6) is 0.782. The predicted octanol–water partition coefficient (Wildman–Crippen LogP) is -1.11. The molecule has 0 aromatic carbocycles. The Morgan fingerprint density at radius 3 is 1.75 bits per heavy atom. The van der Waals surface area contributed by atoms with Crippen molar-refractivity contribution in [2.75, 3.05) is 6.54 Å². The number of carbonyl (C=O) groups is 2. The van der Waals surface area contributed by atoms with Crippen molar-refractivity contribution >= 4 is 12.9 Å². The summed E-state index contributed by atoms with van der Waals surface area (Å²) in [6.45, 7) is 4.31. The van der Waals surface area contributed by atoms with Gasteiger partial charge in [-0.1, -0.05) is 33.1 Å². The first-order valence-electron chi connectivity index (χ1n) is 4.99. The summed E-state index contributed by atoms with van der Waals surface area (Å²) in [5, 5.41) is 16.5. The second-order valence-corrected chi connectivity index (χ2v) is 2.84. The zero-order valence-corrected chi connectivity index (χ0v) is 10.7. The maximum Gasteiger partial charge on any atom is 2.00 e. The van der Waals surface area contributed by atoms with Crippen LogP contribution in [0.3, 0.4) is 0 Å². The van der Waals surface area contributed by atoms with Gasteiger partial charge in [0.05, 0.1) is 0 Å². The third-order valence-electron chi connectivity index (χ3n) is 1.88. The monoisotopic (exact) mass is 282 g/mol. The summed E-state index contributed by atoms with van der Waals surface area (Å²) < 4.78 is 0. The third-order valence-corrected chi connectivity index (χ3v) is 1.88. The van der Waals surface area contributed by atoms with Crippen molar-refractivity contribution in [3.05, 3.63) is 0 Å². The van der Waals surface area contributed by atoms with Crippen LogP contribution in [0.1, 0.15) is 39.5 Å². The largest absolute Gasteiger partial charge is 2.00 e. The molecule has 0 bridgehead atoms. The summed E-state index contributed by atoms with van der Waals surface area (Å²) in [5.41, 5.74) is 5.52. The molecule has 2 N–H and O–H groups in total. The first-order chi connectivity index (χ1) is 7.17. The van der Waals surface area contributed by atoms with E-state index in [4.69, 9.17) is 25.5 Å². The predicted molar refractivity (Wildman–Crippen MR) is 54.5 cm³/mol. The Labute approximate surface area is 108 Å². The Hall–Kier alpha value is -0.581. The molecule has 0 aliphatic rings. The number of carboxylic acid groups (broad SMARTS) is 2. The van der Waals surface area contributed by atoms with E-state index in [-0.39, 0.29) is 17.1 Å². The zero-order valence-electron chi connectivity index (χ0n) is 9.78. The first kappa shape index (κ1) is 24.6. The molecule has 0 aromatic heterocycles. The smallest absolute Gasteiger partial charge is 0.554 e. The quantitative estimate of drug-likeness (QED) is 0.508. The summed E-state index contributed by atoms with van der Waals surface area (Å²) in [4.78, 5) is 16.5. The van der Waals surface area contributed by atoms with Gasteiger partial charge in [0, 0.05) is 12.9 Å². The molecule has 0 aromatic rings. The van der Waals surface area contributed by atoms with Gasteiger partial charge >= 0.3 is 17.1 Å². The molecule has 1 atom stereocenters. The Bertz CT molecular complexity index is 115. The van der Waals surface area contributed by atoms with Crippen molar-refractivity contribution < 1.29 is 36.9 Å². The van der Waals surface area contributed by atoms with Crippen LogP contribution in [0.4, 0.5) is 0 Å². The van der Waals surface area contributed by atoms with Crippen molar-refractivity contribution in [2.45, 2.75) is 39.5 Å². The maximum atomic E-state index is 8.25. The van der Waals surface area contributed by atoms with E-state index in [0.29, 0.717) is 0 Å². The molecule has 0 aliphatic carbocycles. The van der Waals surface area contributed by atoms with Crippen LogP contribution in [0.25, 0.3) is 0 Å². The Balaban J connectivity index is -0.0000000870. The first-order valence-corrected chi connectivity index (χ1v) is 4.99. The fourth-order valence-electron chi connectivity index (χ4n) is 0.981. The molecule has 0 spiro atoms. The van der Waals surface area contributed by atoms with E-state index >= 15 is 0 Å². The van der Waals surface area contributed by atoms with Crippen LogP contribution < -0.4 is 15.9 Å². The van der Waals surface area contributed by atoms with Gasteiger partial charge in [0.1, 0.15) is 0 Å². The van der Waals surface area contributed by atoms with Crippen LogP contribution in [-0.4, -0.2) is 19.5 Å². The summed E-state index contributed by atoms with van der Waals surface area (Å²) in [6.07, 6.45) is 5.21. The van der Waals surface area contributed by atoms with Crippen LogP contribution >= 0.6 is 0 Å². The number of unbranched alkanes of at least 4 members (excludes halogenated alkanes) is 1. The van der Waals surface area contributed by atoms with E-state index in [1.54, 1.807) is 0 Å². The van der Waals surface area contributed by atoms with Gasteiger partial charge in [-0.2, -0.15) is 0 Å². The van der Waals surface area contributed by atoms with Crippen molar-refractivity contribution in [1.82, 2.24) is 0 Å². The molecule has 1 radical (unpaired) electrons. The van der Waals surface area contributed by atoms with Crippen LogP contribution in [0.2, 0.25) is 0 Å². The van der Waals surface area contributed by atoms with Crippen LogP contribution in [0.15, 0.2) is 0 Å². The minimum atomic E-state index is -0.500. The molecule has 16 heavy (non-hydrogen) atoms. The average molecular weight is 283 g/mol. The molecule has 0 fully saturated rings. The topological polar surface area (TPSA) is 106 Å². The van der Waals surface area contributed by atoms with Crippen molar-refractivity contribution in [3.63, 3.8) is 0 Å². The fraction of sp³-hybridized carbons (Fsp3) is 0.800. The standard InChI is InChI=1S/C8H19N.2CH2O2.Cu/c1-3-5-6-8(4-2)7-9;2*2-1-3;/h8H,3-7,9H2,1-2H3;2*1H,(H,2,3);/q;;;+2/p-2. The summed E-state index contributed by atoms with van der Waals surface area (Å²) in [6, 6.07) is 0. The minimum Gasteiger partial charge on any atom is -0.554 e.